The SMILES string of the molecule is CCc1ccc(-c2cccc3[cH-]c(CC4(CC)CCCCCCC4)cc23)cc1.CCc1ccc(-c2cccc3[cH-]c(CC4(CC)CCCCCCC4)cc23)cc1.Cl.Cl.[CH3-].[CH3-].[Si]=[Zr]. The van der Waals surface area contributed by atoms with Crippen LogP contribution in [0.15, 0.2) is 109 Å². The Morgan fingerprint density at radius 2 is 0.790 bits per heavy atom. The van der Waals surface area contributed by atoms with Gasteiger partial charge in [-0.15, -0.1) is 93.9 Å². The Balaban J connectivity index is 0.000000386. The summed E-state index contributed by atoms with van der Waals surface area (Å²) in [6.45, 7) is 12.3. The molecule has 2 radical (unpaired) electrons. The fraction of sp³-hybridized carbons (Fsp3) is 0.448. The van der Waals surface area contributed by atoms with E-state index in [1.807, 2.05) is 0 Å². The maximum atomic E-state index is 3.06. The third-order valence-electron chi connectivity index (χ3n) is 14.5. The van der Waals surface area contributed by atoms with Gasteiger partial charge >= 0.3 is 30.2 Å². The van der Waals surface area contributed by atoms with Crippen molar-refractivity contribution in [2.24, 2.45) is 10.8 Å². The number of aryl methyl sites for hydroxylation is 2. The molecule has 2 saturated carbocycles. The van der Waals surface area contributed by atoms with E-state index < -0.39 is 0 Å². The molecule has 62 heavy (non-hydrogen) atoms. The number of hydrogen-bond acceptors (Lipinski definition) is 0. The van der Waals surface area contributed by atoms with E-state index in [9.17, 15) is 0 Å². The zero-order chi connectivity index (χ0) is 40.8. The second kappa shape index (κ2) is 28.0. The van der Waals surface area contributed by atoms with Crippen molar-refractivity contribution in [3.8, 4) is 22.3 Å². The van der Waals surface area contributed by atoms with E-state index >= 15 is 0 Å². The zero-order valence-corrected chi connectivity index (χ0v) is 44.4. The molecule has 0 aromatic heterocycles. The minimum atomic E-state index is 0. The molecule has 6 aromatic rings. The summed E-state index contributed by atoms with van der Waals surface area (Å²) in [5, 5.41) is 5.67. The van der Waals surface area contributed by atoms with E-state index in [0.717, 1.165) is 12.8 Å². The fourth-order valence-electron chi connectivity index (χ4n) is 10.6. The van der Waals surface area contributed by atoms with Gasteiger partial charge in [0.2, 0.25) is 0 Å². The van der Waals surface area contributed by atoms with Gasteiger partial charge in [-0.2, -0.15) is 12.1 Å². The van der Waals surface area contributed by atoms with E-state index in [1.165, 1.54) is 194 Å². The van der Waals surface area contributed by atoms with Crippen LogP contribution in [0, 0.1) is 25.7 Å². The molecule has 0 saturated heterocycles. The summed E-state index contributed by atoms with van der Waals surface area (Å²) in [5.74, 6) is 0. The first kappa shape index (κ1) is 55.9. The molecule has 336 valence electrons. The van der Waals surface area contributed by atoms with Gasteiger partial charge in [-0.1, -0.05) is 177 Å². The summed E-state index contributed by atoms with van der Waals surface area (Å²) in [4.78, 5) is 0. The second-order valence-electron chi connectivity index (χ2n) is 18.0. The van der Waals surface area contributed by atoms with Crippen molar-refractivity contribution in [3.05, 3.63) is 146 Å². The van der Waals surface area contributed by atoms with Gasteiger partial charge in [-0.3, -0.25) is 0 Å². The Hall–Kier alpha value is -2.22. The van der Waals surface area contributed by atoms with Gasteiger partial charge in [0, 0.05) is 0 Å². The van der Waals surface area contributed by atoms with Gasteiger partial charge < -0.3 is 14.9 Å². The van der Waals surface area contributed by atoms with Gasteiger partial charge in [0.1, 0.15) is 0 Å². The quantitative estimate of drug-likeness (QED) is 0.0948. The predicted molar refractivity (Wildman–Crippen MR) is 279 cm³/mol. The van der Waals surface area contributed by atoms with Crippen LogP contribution in [0.5, 0.6) is 0 Å². The van der Waals surface area contributed by atoms with E-state index in [1.54, 1.807) is 11.1 Å². The summed E-state index contributed by atoms with van der Waals surface area (Å²) in [6, 6.07) is 41.8. The summed E-state index contributed by atoms with van der Waals surface area (Å²) >= 11 is 1.36. The zero-order valence-electron chi connectivity index (χ0n) is 39.4. The second-order valence-corrected chi connectivity index (χ2v) is 18.0. The Bertz CT molecular complexity index is 1970. The third kappa shape index (κ3) is 14.4. The number of hydrogen-bond donors (Lipinski definition) is 0. The van der Waals surface area contributed by atoms with E-state index in [2.05, 4.69) is 144 Å². The van der Waals surface area contributed by atoms with Crippen LogP contribution in [0.2, 0.25) is 0 Å². The molecule has 6 aromatic carbocycles. The molecule has 0 atom stereocenters. The van der Waals surface area contributed by atoms with Crippen molar-refractivity contribution < 1.29 is 23.3 Å². The van der Waals surface area contributed by atoms with E-state index in [4.69, 9.17) is 0 Å². The Kier molecular flexibility index (Phi) is 25.2. The maximum absolute atomic E-state index is 3.06. The van der Waals surface area contributed by atoms with Crippen LogP contribution in [0.1, 0.15) is 153 Å². The van der Waals surface area contributed by atoms with Gasteiger partial charge in [-0.05, 0) is 84.5 Å². The molecule has 0 unspecified atom stereocenters. The molecule has 0 bridgehead atoms. The summed E-state index contributed by atoms with van der Waals surface area (Å²) in [7, 11) is 0. The molecule has 0 N–H and O–H groups in total. The number of benzene rings is 4. The van der Waals surface area contributed by atoms with Crippen molar-refractivity contribution in [1.29, 1.82) is 0 Å². The fourth-order valence-corrected chi connectivity index (χ4v) is 10.6. The standard InChI is InChI=1S/2C28H35.2CH3.2ClH.Si.Zr/c2*1-3-22-13-15-24(16-14-22)26-12-10-11-25-19-23(20-27(25)26)21-28(4-2)17-8-6-5-7-9-18-28;;;;;;/h2*10-16,19-20H,3-9,17-18,21H2,1-2H3;2*1H3;2*1H;;/q4*-1;;;;. The van der Waals surface area contributed by atoms with Crippen molar-refractivity contribution in [3.63, 3.8) is 0 Å². The Labute approximate surface area is 409 Å². The molecule has 0 amide bonds. The van der Waals surface area contributed by atoms with Crippen LogP contribution in [-0.4, -0.2) is 6.88 Å². The molecule has 0 nitrogen and oxygen atoms in total. The molecule has 2 fully saturated rings. The van der Waals surface area contributed by atoms with Crippen LogP contribution in [0.4, 0.5) is 0 Å². The topological polar surface area (TPSA) is 0 Å². The van der Waals surface area contributed by atoms with Crippen LogP contribution in [0.3, 0.4) is 0 Å². The van der Waals surface area contributed by atoms with Crippen molar-refractivity contribution in [1.82, 2.24) is 0 Å². The predicted octanol–water partition coefficient (Wildman–Crippen LogP) is 18.3. The Morgan fingerprint density at radius 3 is 1.10 bits per heavy atom. The average molecular weight is 965 g/mol. The van der Waals surface area contributed by atoms with Gasteiger partial charge in [0.05, 0.1) is 0 Å². The molecule has 2 aliphatic carbocycles. The molecule has 0 aliphatic heterocycles. The summed E-state index contributed by atoms with van der Waals surface area (Å²) < 4.78 is 0. The van der Waals surface area contributed by atoms with Crippen molar-refractivity contribution in [2.75, 3.05) is 0 Å². The molecular weight excluding hydrogens is 887 g/mol. The van der Waals surface area contributed by atoms with Crippen LogP contribution in [-0.2, 0) is 49.0 Å². The Morgan fingerprint density at radius 1 is 0.468 bits per heavy atom. The molecule has 0 heterocycles. The molecule has 0 spiro atoms. The number of rotatable bonds is 10. The van der Waals surface area contributed by atoms with E-state index in [0.29, 0.717) is 10.8 Å². The van der Waals surface area contributed by atoms with Crippen molar-refractivity contribution in [2.45, 2.75) is 156 Å². The number of fused-ring (bicyclic) bond motifs is 2. The van der Waals surface area contributed by atoms with Crippen LogP contribution < -0.4 is 0 Å². The first-order valence-electron chi connectivity index (χ1n) is 23.3. The van der Waals surface area contributed by atoms with E-state index in [-0.39, 0.29) is 39.7 Å². The van der Waals surface area contributed by atoms with Crippen molar-refractivity contribution >= 4 is 53.2 Å². The normalized spacial score (nSPS) is 15.7. The number of halogens is 2. The molecule has 2 aliphatic rings. The third-order valence-corrected chi connectivity index (χ3v) is 14.5. The van der Waals surface area contributed by atoms with Crippen LogP contribution >= 0.6 is 24.8 Å². The monoisotopic (exact) mass is 962 g/mol. The average Bonchev–Trinajstić information content (AvgIpc) is 3.87. The molecule has 4 heteroatoms. The first-order chi connectivity index (χ1) is 28.5. The summed E-state index contributed by atoms with van der Waals surface area (Å²) in [6.07, 6.45) is 27.3. The van der Waals surface area contributed by atoms with Gasteiger partial charge in [-0.25, -0.2) is 0 Å². The first-order valence-corrected chi connectivity index (χ1v) is 27.4. The van der Waals surface area contributed by atoms with Gasteiger partial charge in [0.15, 0.2) is 0 Å². The minimum absolute atomic E-state index is 0. The molecule has 8 rings (SSSR count). The van der Waals surface area contributed by atoms with Gasteiger partial charge in [0.25, 0.3) is 0 Å². The summed E-state index contributed by atoms with van der Waals surface area (Å²) in [5.41, 5.74) is 12.4. The van der Waals surface area contributed by atoms with Crippen LogP contribution in [0.25, 0.3) is 43.8 Å². The molecular formula is C58H78Cl2SiZr-4.